The number of carbonyl (C=O) groups excluding carboxylic acids is 1. The molecule has 0 saturated heterocycles. The molecule has 4 heteroatoms. The Morgan fingerprint density at radius 3 is 1.83 bits per heavy atom. The predicted octanol–water partition coefficient (Wildman–Crippen LogP) is 3.62. The first-order valence-corrected chi connectivity index (χ1v) is 5.70. The summed E-state index contributed by atoms with van der Waals surface area (Å²) < 4.78 is 0. The molecule has 3 nitrogen and oxygen atoms in total. The van der Waals surface area contributed by atoms with Crippen molar-refractivity contribution in [2.75, 3.05) is 0 Å². The maximum absolute atomic E-state index is 10.8. The van der Waals surface area contributed by atoms with Crippen molar-refractivity contribution in [3.63, 3.8) is 0 Å². The lowest BCUT2D eigenvalue weighted by atomic mass is 9.95. The molecule has 0 fully saturated rings. The summed E-state index contributed by atoms with van der Waals surface area (Å²) >= 11 is 5.47. The van der Waals surface area contributed by atoms with Crippen molar-refractivity contribution >= 4 is 17.4 Å². The zero-order chi connectivity index (χ0) is 13.3. The van der Waals surface area contributed by atoms with Crippen LogP contribution in [-0.4, -0.2) is 16.0 Å². The number of halogens is 1. The number of hydrogen-bond donors (Lipinski definition) is 2. The zero-order valence-corrected chi connectivity index (χ0v) is 10.4. The number of fused-ring (bicyclic) bond motifs is 1. The van der Waals surface area contributed by atoms with E-state index in [2.05, 4.69) is 24.3 Å². The largest absolute Gasteiger partial charge is 0.506 e. The third-order valence-electron chi connectivity index (χ3n) is 2.69. The van der Waals surface area contributed by atoms with Crippen molar-refractivity contribution in [1.29, 1.82) is 0 Å². The van der Waals surface area contributed by atoms with E-state index in [0.717, 1.165) is 0 Å². The lowest BCUT2D eigenvalue weighted by Crippen LogP contribution is -1.92. The Hall–Kier alpha value is -2.00. The summed E-state index contributed by atoms with van der Waals surface area (Å²) in [6.07, 6.45) is 0. The van der Waals surface area contributed by atoms with Crippen molar-refractivity contribution < 1.29 is 15.0 Å². The van der Waals surface area contributed by atoms with E-state index in [9.17, 15) is 9.90 Å². The molecule has 0 spiro atoms. The Balaban J connectivity index is 0.000000164. The monoisotopic (exact) mass is 262 g/mol. The van der Waals surface area contributed by atoms with Crippen LogP contribution in [0, 0.1) is 0 Å². The van der Waals surface area contributed by atoms with Gasteiger partial charge in [0.2, 0.25) is 0 Å². The Bertz CT molecular complexity index is 582. The summed E-state index contributed by atoms with van der Waals surface area (Å²) in [6, 6.07) is 11.1. The van der Waals surface area contributed by atoms with Crippen LogP contribution in [0.1, 0.15) is 17.3 Å². The van der Waals surface area contributed by atoms with Gasteiger partial charge in [0.1, 0.15) is 16.5 Å². The Kier molecular flexibility index (Phi) is 3.26. The predicted molar refractivity (Wildman–Crippen MR) is 70.2 cm³/mol. The maximum atomic E-state index is 10.8. The fraction of sp³-hybridized carbons (Fsp3) is 0.0714. The van der Waals surface area contributed by atoms with Gasteiger partial charge in [-0.15, -0.1) is 0 Å². The second-order valence-corrected chi connectivity index (χ2v) is 4.31. The molecule has 0 radical (unpaired) electrons. The van der Waals surface area contributed by atoms with Gasteiger partial charge in [-0.2, -0.15) is 0 Å². The average Bonchev–Trinajstić information content (AvgIpc) is 2.31. The lowest BCUT2D eigenvalue weighted by Gasteiger charge is -2.10. The molecule has 18 heavy (non-hydrogen) atoms. The van der Waals surface area contributed by atoms with Gasteiger partial charge in [-0.25, -0.2) is 0 Å². The highest BCUT2D eigenvalue weighted by molar-refractivity contribution is 6.34. The highest BCUT2D eigenvalue weighted by atomic mass is 35.5. The van der Waals surface area contributed by atoms with Crippen molar-refractivity contribution in [1.82, 2.24) is 0 Å². The fourth-order valence-corrected chi connectivity index (χ4v) is 1.67. The molecule has 3 rings (SSSR count). The van der Waals surface area contributed by atoms with Crippen molar-refractivity contribution in [3.8, 4) is 22.6 Å². The van der Waals surface area contributed by atoms with Gasteiger partial charge in [-0.3, -0.25) is 4.79 Å². The maximum Gasteiger partial charge on any atom is 0.163 e. The van der Waals surface area contributed by atoms with Gasteiger partial charge in [0.15, 0.2) is 5.78 Å². The molecule has 2 N–H and O–H groups in total. The van der Waals surface area contributed by atoms with Gasteiger partial charge in [-0.1, -0.05) is 35.9 Å². The van der Waals surface area contributed by atoms with Gasteiger partial charge in [0.25, 0.3) is 0 Å². The van der Waals surface area contributed by atoms with Gasteiger partial charge in [0, 0.05) is 0 Å². The topological polar surface area (TPSA) is 57.5 Å². The first-order chi connectivity index (χ1) is 8.50. The number of phenols is 2. The van der Waals surface area contributed by atoms with Gasteiger partial charge in [-0.05, 0) is 30.2 Å². The van der Waals surface area contributed by atoms with E-state index < -0.39 is 0 Å². The Morgan fingerprint density at radius 2 is 1.50 bits per heavy atom. The zero-order valence-electron chi connectivity index (χ0n) is 9.64. The second-order valence-electron chi connectivity index (χ2n) is 3.93. The van der Waals surface area contributed by atoms with E-state index in [0.29, 0.717) is 0 Å². The van der Waals surface area contributed by atoms with Crippen molar-refractivity contribution in [2.24, 2.45) is 0 Å². The number of Topliss-reactive ketones (excluding diaryl/α,β-unsaturated/α-hetero) is 1. The molecule has 1 aromatic rings. The minimum Gasteiger partial charge on any atom is -0.506 e. The first kappa shape index (κ1) is 12.5. The molecule has 0 heterocycles. The summed E-state index contributed by atoms with van der Waals surface area (Å²) in [4.78, 5) is 10.8. The molecule has 0 bridgehead atoms. The minimum atomic E-state index is -0.371. The van der Waals surface area contributed by atoms with Crippen molar-refractivity contribution in [2.45, 2.75) is 6.92 Å². The van der Waals surface area contributed by atoms with E-state index in [4.69, 9.17) is 16.7 Å². The molecule has 2 aliphatic rings. The van der Waals surface area contributed by atoms with E-state index in [1.807, 2.05) is 0 Å². The van der Waals surface area contributed by atoms with E-state index in [1.54, 1.807) is 0 Å². The number of aromatic hydroxyl groups is 2. The van der Waals surface area contributed by atoms with Crippen LogP contribution in [0.4, 0.5) is 0 Å². The molecule has 1 aromatic carbocycles. The molecule has 0 aliphatic heterocycles. The van der Waals surface area contributed by atoms with Gasteiger partial charge in [0.05, 0.1) is 5.56 Å². The number of carbonyl (C=O) groups is 1. The average molecular weight is 263 g/mol. The third kappa shape index (κ3) is 2.17. The summed E-state index contributed by atoms with van der Waals surface area (Å²) in [5.41, 5.74) is 2.96. The molecule has 0 atom stereocenters. The third-order valence-corrected chi connectivity index (χ3v) is 3.07. The number of hydrogen-bond acceptors (Lipinski definition) is 3. The summed E-state index contributed by atoms with van der Waals surface area (Å²) in [5, 5.41) is 18.0. The van der Waals surface area contributed by atoms with Crippen LogP contribution < -0.4 is 0 Å². The summed E-state index contributed by atoms with van der Waals surface area (Å²) in [7, 11) is 0. The number of phenolic OH excluding ortho intramolecular Hbond substituents is 2. The van der Waals surface area contributed by atoms with E-state index in [1.165, 1.54) is 30.2 Å². The number of ketones is 1. The highest BCUT2D eigenvalue weighted by Crippen LogP contribution is 2.35. The molecule has 0 amide bonds. The number of benzene rings is 2. The molecule has 0 unspecified atom stereocenters. The smallest absolute Gasteiger partial charge is 0.163 e. The fourth-order valence-electron chi connectivity index (χ4n) is 1.50. The van der Waals surface area contributed by atoms with E-state index >= 15 is 0 Å². The van der Waals surface area contributed by atoms with Gasteiger partial charge < -0.3 is 10.2 Å². The Labute approximate surface area is 109 Å². The quantitative estimate of drug-likeness (QED) is 0.659. The Morgan fingerprint density at radius 1 is 1.00 bits per heavy atom. The SMILES string of the molecule is CC(=O)c1ccc(O)c(Cl)c1O.c1cc2ccc1-2. The van der Waals surface area contributed by atoms with Crippen LogP contribution in [0.15, 0.2) is 36.4 Å². The molecule has 0 aromatic heterocycles. The normalized spacial score (nSPS) is 10.3. The first-order valence-electron chi connectivity index (χ1n) is 5.32. The highest BCUT2D eigenvalue weighted by Gasteiger charge is 2.12. The van der Waals surface area contributed by atoms with Crippen LogP contribution in [-0.2, 0) is 0 Å². The molecule has 92 valence electrons. The van der Waals surface area contributed by atoms with E-state index in [-0.39, 0.29) is 27.9 Å². The van der Waals surface area contributed by atoms with Crippen molar-refractivity contribution in [3.05, 3.63) is 47.0 Å². The lowest BCUT2D eigenvalue weighted by molar-refractivity contribution is 0.101. The molecule has 0 saturated carbocycles. The standard InChI is InChI=1S/C8H7ClO3.C6H4/c1-4(10)5-2-3-6(11)7(9)8(5)12;1-2-6-4-3-5(1)6/h2-3,11-12H,1H3;1-4H. The second kappa shape index (κ2) is 4.70. The number of rotatable bonds is 1. The minimum absolute atomic E-state index is 0.109. The van der Waals surface area contributed by atoms with Crippen LogP contribution in [0.2, 0.25) is 5.02 Å². The van der Waals surface area contributed by atoms with Crippen LogP contribution in [0.3, 0.4) is 0 Å². The molecular weight excluding hydrogens is 252 g/mol. The molecule has 2 aliphatic carbocycles. The van der Waals surface area contributed by atoms with Crippen LogP contribution in [0.25, 0.3) is 11.1 Å². The summed E-state index contributed by atoms with van der Waals surface area (Å²) in [5.74, 6) is -0.905. The summed E-state index contributed by atoms with van der Waals surface area (Å²) in [6.45, 7) is 1.31. The van der Waals surface area contributed by atoms with Crippen LogP contribution >= 0.6 is 11.6 Å². The van der Waals surface area contributed by atoms with Crippen LogP contribution in [0.5, 0.6) is 11.5 Å². The molecular formula is C14H11ClO3. The van der Waals surface area contributed by atoms with Gasteiger partial charge >= 0.3 is 0 Å².